The van der Waals surface area contributed by atoms with Crippen LogP contribution >= 0.6 is 0 Å². The van der Waals surface area contributed by atoms with Gasteiger partial charge in [-0.1, -0.05) is 27.7 Å². The predicted molar refractivity (Wildman–Crippen MR) is 114 cm³/mol. The molecule has 1 heterocycles. The molecule has 0 aliphatic heterocycles. The van der Waals surface area contributed by atoms with Crippen molar-refractivity contribution in [1.82, 2.24) is 9.97 Å². The van der Waals surface area contributed by atoms with Crippen molar-refractivity contribution in [1.29, 1.82) is 0 Å². The average molecular weight is 398 g/mol. The Morgan fingerprint density at radius 3 is 2.14 bits per heavy atom. The highest BCUT2D eigenvalue weighted by Crippen LogP contribution is 2.49. The predicted octanol–water partition coefficient (Wildman–Crippen LogP) is 4.78. The zero-order chi connectivity index (χ0) is 21.4. The largest absolute Gasteiger partial charge is 0.495 e. The van der Waals surface area contributed by atoms with E-state index in [2.05, 4.69) is 49.8 Å². The van der Waals surface area contributed by atoms with E-state index in [-0.39, 0.29) is 10.8 Å². The van der Waals surface area contributed by atoms with Crippen molar-refractivity contribution >= 4 is 17.6 Å². The third-order valence-electron chi connectivity index (χ3n) is 5.96. The van der Waals surface area contributed by atoms with Crippen LogP contribution in [-0.4, -0.2) is 36.7 Å². The van der Waals surface area contributed by atoms with Crippen molar-refractivity contribution < 1.29 is 14.3 Å². The third kappa shape index (κ3) is 3.93. The molecule has 0 saturated carbocycles. The van der Waals surface area contributed by atoms with E-state index < -0.39 is 5.97 Å². The van der Waals surface area contributed by atoms with E-state index in [4.69, 9.17) is 9.47 Å². The minimum atomic E-state index is -0.419. The normalized spacial score (nSPS) is 16.7. The van der Waals surface area contributed by atoms with Crippen LogP contribution in [0.15, 0.2) is 24.5 Å². The number of ether oxygens (including phenoxy) is 2. The molecule has 0 spiro atoms. The quantitative estimate of drug-likeness (QED) is 0.677. The molecule has 1 aromatic carbocycles. The molecule has 6 heteroatoms. The van der Waals surface area contributed by atoms with Crippen LogP contribution in [0.5, 0.6) is 5.75 Å². The Kier molecular flexibility index (Phi) is 5.57. The van der Waals surface area contributed by atoms with Gasteiger partial charge in [0.1, 0.15) is 5.75 Å². The number of esters is 1. The number of aromatic nitrogens is 2. The molecule has 6 nitrogen and oxygen atoms in total. The summed E-state index contributed by atoms with van der Waals surface area (Å²) < 4.78 is 10.7. The van der Waals surface area contributed by atoms with Gasteiger partial charge in [-0.3, -0.25) is 0 Å². The minimum Gasteiger partial charge on any atom is -0.495 e. The number of nitrogens with zero attached hydrogens (tertiary/aromatic N) is 3. The number of carbonyl (C=O) groups is 1. The second-order valence-electron chi connectivity index (χ2n) is 8.89. The molecule has 0 amide bonds. The summed E-state index contributed by atoms with van der Waals surface area (Å²) >= 11 is 0. The summed E-state index contributed by atoms with van der Waals surface area (Å²) in [6.07, 6.45) is 5.26. The van der Waals surface area contributed by atoms with E-state index in [9.17, 15) is 4.79 Å². The Hall–Kier alpha value is -2.63. The van der Waals surface area contributed by atoms with E-state index in [0.717, 1.165) is 24.3 Å². The van der Waals surface area contributed by atoms with Crippen LogP contribution in [0, 0.1) is 0 Å². The monoisotopic (exact) mass is 397 g/mol. The van der Waals surface area contributed by atoms with Crippen LogP contribution in [0.2, 0.25) is 0 Å². The Morgan fingerprint density at radius 2 is 1.62 bits per heavy atom. The van der Waals surface area contributed by atoms with Crippen molar-refractivity contribution in [2.24, 2.45) is 0 Å². The highest BCUT2D eigenvalue weighted by atomic mass is 16.5. The SMILES string of the molecule is CCOC(=O)c1cnc(N(C)c2cc3c(cc2OC)C(C)(C)CCC3(C)C)nc1. The zero-order valence-corrected chi connectivity index (χ0v) is 18.5. The molecule has 0 fully saturated rings. The van der Waals surface area contributed by atoms with Gasteiger partial charge in [-0.05, 0) is 53.9 Å². The van der Waals surface area contributed by atoms with Crippen LogP contribution in [-0.2, 0) is 15.6 Å². The number of hydrogen-bond acceptors (Lipinski definition) is 6. The zero-order valence-electron chi connectivity index (χ0n) is 18.5. The maximum Gasteiger partial charge on any atom is 0.341 e. The number of carbonyl (C=O) groups excluding carboxylic acids is 1. The lowest BCUT2D eigenvalue weighted by Crippen LogP contribution is -2.34. The third-order valence-corrected chi connectivity index (χ3v) is 5.96. The lowest BCUT2D eigenvalue weighted by atomic mass is 9.63. The van der Waals surface area contributed by atoms with Gasteiger partial charge in [0, 0.05) is 19.4 Å². The van der Waals surface area contributed by atoms with Crippen molar-refractivity contribution in [2.75, 3.05) is 25.7 Å². The van der Waals surface area contributed by atoms with Gasteiger partial charge in [0.2, 0.25) is 5.95 Å². The molecule has 156 valence electrons. The fourth-order valence-electron chi connectivity index (χ4n) is 3.93. The first-order valence-electron chi connectivity index (χ1n) is 10.1. The number of methoxy groups -OCH3 is 1. The summed E-state index contributed by atoms with van der Waals surface area (Å²) in [4.78, 5) is 22.5. The molecular weight excluding hydrogens is 366 g/mol. The molecule has 0 unspecified atom stereocenters. The first-order chi connectivity index (χ1) is 13.6. The van der Waals surface area contributed by atoms with E-state index in [1.54, 1.807) is 14.0 Å². The van der Waals surface area contributed by atoms with Crippen LogP contribution in [0.25, 0.3) is 0 Å². The summed E-state index contributed by atoms with van der Waals surface area (Å²) in [5.74, 6) is 0.858. The molecule has 2 aromatic rings. The van der Waals surface area contributed by atoms with E-state index in [0.29, 0.717) is 18.1 Å². The Morgan fingerprint density at radius 1 is 1.07 bits per heavy atom. The van der Waals surface area contributed by atoms with Gasteiger partial charge in [0.05, 0.1) is 25.0 Å². The average Bonchev–Trinajstić information content (AvgIpc) is 2.70. The topological polar surface area (TPSA) is 64.5 Å². The Labute approximate surface area is 173 Å². The Balaban J connectivity index is 2.03. The number of rotatable bonds is 5. The summed E-state index contributed by atoms with van der Waals surface area (Å²) in [5, 5.41) is 0. The fraction of sp³-hybridized carbons (Fsp3) is 0.522. The second kappa shape index (κ2) is 7.65. The lowest BCUT2D eigenvalue weighted by molar-refractivity contribution is 0.0525. The lowest BCUT2D eigenvalue weighted by Gasteiger charge is -2.42. The number of anilines is 2. The standard InChI is InChI=1S/C23H31N3O3/c1-8-29-20(27)15-13-24-21(25-14-15)26(6)18-11-16-17(12-19(18)28-7)23(4,5)10-9-22(16,2)3/h11-14H,8-10H2,1-7H3. The fourth-order valence-corrected chi connectivity index (χ4v) is 3.93. The van der Waals surface area contributed by atoms with Gasteiger partial charge in [0.15, 0.2) is 0 Å². The van der Waals surface area contributed by atoms with Crippen LogP contribution in [0.4, 0.5) is 11.6 Å². The van der Waals surface area contributed by atoms with Crippen LogP contribution in [0.1, 0.15) is 68.9 Å². The van der Waals surface area contributed by atoms with Crippen molar-refractivity contribution in [3.8, 4) is 5.75 Å². The molecule has 1 aromatic heterocycles. The van der Waals surface area contributed by atoms with E-state index in [1.807, 2.05) is 11.9 Å². The summed E-state index contributed by atoms with van der Waals surface area (Å²) in [6.45, 7) is 11.3. The number of benzene rings is 1. The van der Waals surface area contributed by atoms with E-state index in [1.165, 1.54) is 23.5 Å². The Bertz CT molecular complexity index is 904. The van der Waals surface area contributed by atoms with Gasteiger partial charge >= 0.3 is 5.97 Å². The minimum absolute atomic E-state index is 0.0847. The summed E-state index contributed by atoms with van der Waals surface area (Å²) in [7, 11) is 3.59. The summed E-state index contributed by atoms with van der Waals surface area (Å²) in [5.41, 5.74) is 4.10. The highest BCUT2D eigenvalue weighted by molar-refractivity contribution is 5.88. The van der Waals surface area contributed by atoms with Crippen LogP contribution < -0.4 is 9.64 Å². The molecule has 0 bridgehead atoms. The van der Waals surface area contributed by atoms with Gasteiger partial charge < -0.3 is 14.4 Å². The maximum absolute atomic E-state index is 11.9. The molecule has 1 aliphatic carbocycles. The number of hydrogen-bond donors (Lipinski definition) is 0. The molecule has 29 heavy (non-hydrogen) atoms. The van der Waals surface area contributed by atoms with Gasteiger partial charge in [-0.2, -0.15) is 0 Å². The van der Waals surface area contributed by atoms with Crippen molar-refractivity contribution in [3.05, 3.63) is 41.2 Å². The maximum atomic E-state index is 11.9. The summed E-state index contributed by atoms with van der Waals surface area (Å²) in [6, 6.07) is 4.37. The first kappa shape index (κ1) is 21.1. The molecule has 0 N–H and O–H groups in total. The van der Waals surface area contributed by atoms with Crippen LogP contribution in [0.3, 0.4) is 0 Å². The van der Waals surface area contributed by atoms with Gasteiger partial charge in [0.25, 0.3) is 0 Å². The molecule has 1 aliphatic rings. The van der Waals surface area contributed by atoms with E-state index >= 15 is 0 Å². The highest BCUT2D eigenvalue weighted by Gasteiger charge is 2.38. The number of fused-ring (bicyclic) bond motifs is 1. The molecular formula is C23H31N3O3. The second-order valence-corrected chi connectivity index (χ2v) is 8.89. The molecule has 0 saturated heterocycles. The molecule has 3 rings (SSSR count). The molecule has 0 radical (unpaired) electrons. The van der Waals surface area contributed by atoms with Crippen molar-refractivity contribution in [3.63, 3.8) is 0 Å². The first-order valence-corrected chi connectivity index (χ1v) is 10.1. The smallest absolute Gasteiger partial charge is 0.341 e. The van der Waals surface area contributed by atoms with Crippen molar-refractivity contribution in [2.45, 2.75) is 58.3 Å². The molecule has 0 atom stereocenters. The van der Waals surface area contributed by atoms with Gasteiger partial charge in [-0.15, -0.1) is 0 Å². The van der Waals surface area contributed by atoms with Gasteiger partial charge in [-0.25, -0.2) is 14.8 Å².